The summed E-state index contributed by atoms with van der Waals surface area (Å²) in [5.74, 6) is 0.597. The molecule has 0 aliphatic carbocycles. The molecule has 102 valence electrons. The van der Waals surface area contributed by atoms with E-state index in [2.05, 4.69) is 16.4 Å². The van der Waals surface area contributed by atoms with Gasteiger partial charge in [0.15, 0.2) is 0 Å². The number of nitrogens with zero attached hydrogens (tertiary/aromatic N) is 2. The molecule has 0 saturated carbocycles. The van der Waals surface area contributed by atoms with Gasteiger partial charge in [-0.3, -0.25) is 0 Å². The van der Waals surface area contributed by atoms with E-state index in [0.29, 0.717) is 18.0 Å². The third kappa shape index (κ3) is 3.14. The normalized spacial score (nSPS) is 10.1. The first kappa shape index (κ1) is 14.0. The molecule has 0 atom stereocenters. The summed E-state index contributed by atoms with van der Waals surface area (Å²) < 4.78 is 5.12. The van der Waals surface area contributed by atoms with E-state index in [1.54, 1.807) is 7.11 Å². The lowest BCUT2D eigenvalue weighted by molar-refractivity contribution is 0.185. The van der Waals surface area contributed by atoms with E-state index in [1.807, 2.05) is 44.2 Å². The number of hydrogen-bond acceptors (Lipinski definition) is 4. The molecule has 1 heterocycles. The van der Waals surface area contributed by atoms with Gasteiger partial charge in [0.05, 0.1) is 12.2 Å². The van der Waals surface area contributed by atoms with Crippen LogP contribution in [0.1, 0.15) is 22.4 Å². The molecular weight excluding hydrogens is 250 g/mol. The average molecular weight is 267 g/mol. The molecule has 1 aromatic carbocycles. The Morgan fingerprint density at radius 2 is 2.10 bits per heavy atom. The second-order valence-electron chi connectivity index (χ2n) is 4.67. The van der Waals surface area contributed by atoms with Crippen molar-refractivity contribution in [1.29, 1.82) is 5.26 Å². The van der Waals surface area contributed by atoms with Gasteiger partial charge in [-0.15, -0.1) is 0 Å². The minimum Gasteiger partial charge on any atom is -0.380 e. The van der Waals surface area contributed by atoms with Gasteiger partial charge in [-0.05, 0) is 43.2 Å². The molecular formula is C16H17N3O. The van der Waals surface area contributed by atoms with Gasteiger partial charge < -0.3 is 10.1 Å². The lowest BCUT2D eigenvalue weighted by atomic mass is 10.1. The molecule has 2 rings (SSSR count). The largest absolute Gasteiger partial charge is 0.380 e. The summed E-state index contributed by atoms with van der Waals surface area (Å²) in [4.78, 5) is 4.41. The Hall–Kier alpha value is -2.38. The Morgan fingerprint density at radius 1 is 1.30 bits per heavy atom. The number of methoxy groups -OCH3 is 1. The Morgan fingerprint density at radius 3 is 2.80 bits per heavy atom. The molecule has 0 fully saturated rings. The number of rotatable bonds is 4. The number of hydrogen-bond donors (Lipinski definition) is 1. The number of pyridine rings is 1. The standard InChI is InChI=1S/C16H17N3O/c1-11-7-12(2)18-16(15(11)9-17)19-14-6-4-5-13(8-14)10-20-3/h4-8H,10H2,1-3H3,(H,18,19). The van der Waals surface area contributed by atoms with Crippen molar-refractivity contribution in [3.63, 3.8) is 0 Å². The fourth-order valence-corrected chi connectivity index (χ4v) is 2.11. The van der Waals surface area contributed by atoms with Crippen molar-refractivity contribution in [2.24, 2.45) is 0 Å². The average Bonchev–Trinajstić information content (AvgIpc) is 2.39. The number of aromatic nitrogens is 1. The predicted octanol–water partition coefficient (Wildman–Crippen LogP) is 3.46. The summed E-state index contributed by atoms with van der Waals surface area (Å²) >= 11 is 0. The molecule has 0 radical (unpaired) electrons. The number of benzene rings is 1. The zero-order chi connectivity index (χ0) is 14.5. The van der Waals surface area contributed by atoms with Crippen LogP contribution in [0.2, 0.25) is 0 Å². The SMILES string of the molecule is COCc1cccc(Nc2nc(C)cc(C)c2C#N)c1. The zero-order valence-corrected chi connectivity index (χ0v) is 11.9. The third-order valence-corrected chi connectivity index (χ3v) is 2.96. The first-order valence-corrected chi connectivity index (χ1v) is 6.37. The molecule has 0 aliphatic heterocycles. The van der Waals surface area contributed by atoms with E-state index < -0.39 is 0 Å². The Labute approximate surface area is 119 Å². The van der Waals surface area contributed by atoms with Crippen molar-refractivity contribution in [2.45, 2.75) is 20.5 Å². The van der Waals surface area contributed by atoms with Gasteiger partial charge in [-0.2, -0.15) is 5.26 Å². The number of anilines is 2. The minimum absolute atomic E-state index is 0.556. The van der Waals surface area contributed by atoms with Crippen LogP contribution < -0.4 is 5.32 Å². The summed E-state index contributed by atoms with van der Waals surface area (Å²) in [6.45, 7) is 4.39. The maximum Gasteiger partial charge on any atom is 0.148 e. The Bertz CT molecular complexity index is 659. The van der Waals surface area contributed by atoms with Crippen LogP contribution in [0.15, 0.2) is 30.3 Å². The van der Waals surface area contributed by atoms with Gasteiger partial charge in [0.25, 0.3) is 0 Å². The van der Waals surface area contributed by atoms with Crippen LogP contribution in [0.4, 0.5) is 11.5 Å². The van der Waals surface area contributed by atoms with Gasteiger partial charge in [0.1, 0.15) is 11.9 Å². The fourth-order valence-electron chi connectivity index (χ4n) is 2.11. The molecule has 1 N–H and O–H groups in total. The predicted molar refractivity (Wildman–Crippen MR) is 78.9 cm³/mol. The van der Waals surface area contributed by atoms with Crippen LogP contribution in [0.3, 0.4) is 0 Å². The van der Waals surface area contributed by atoms with Crippen molar-refractivity contribution < 1.29 is 4.74 Å². The highest BCUT2D eigenvalue weighted by Crippen LogP contribution is 2.22. The van der Waals surface area contributed by atoms with Gasteiger partial charge in [-0.1, -0.05) is 12.1 Å². The minimum atomic E-state index is 0.556. The molecule has 0 amide bonds. The van der Waals surface area contributed by atoms with E-state index in [9.17, 15) is 5.26 Å². The van der Waals surface area contributed by atoms with Crippen LogP contribution >= 0.6 is 0 Å². The first-order chi connectivity index (χ1) is 9.63. The molecule has 0 saturated heterocycles. The van der Waals surface area contributed by atoms with Crippen LogP contribution in [-0.4, -0.2) is 12.1 Å². The number of nitrogens with one attached hydrogen (secondary N) is 1. The van der Waals surface area contributed by atoms with Gasteiger partial charge in [-0.25, -0.2) is 4.98 Å². The van der Waals surface area contributed by atoms with E-state index in [-0.39, 0.29) is 0 Å². The molecule has 0 bridgehead atoms. The van der Waals surface area contributed by atoms with Crippen molar-refractivity contribution in [3.8, 4) is 6.07 Å². The maximum atomic E-state index is 9.26. The number of nitriles is 1. The number of aryl methyl sites for hydroxylation is 2. The maximum absolute atomic E-state index is 9.26. The van der Waals surface area contributed by atoms with Gasteiger partial charge in [0.2, 0.25) is 0 Å². The quantitative estimate of drug-likeness (QED) is 0.921. The number of ether oxygens (including phenoxy) is 1. The molecule has 0 spiro atoms. The molecule has 0 unspecified atom stereocenters. The van der Waals surface area contributed by atoms with E-state index in [1.165, 1.54) is 0 Å². The highest BCUT2D eigenvalue weighted by molar-refractivity contribution is 5.65. The molecule has 1 aromatic heterocycles. The highest BCUT2D eigenvalue weighted by Gasteiger charge is 2.08. The highest BCUT2D eigenvalue weighted by atomic mass is 16.5. The van der Waals surface area contributed by atoms with Crippen molar-refractivity contribution in [3.05, 3.63) is 52.7 Å². The van der Waals surface area contributed by atoms with E-state index in [0.717, 1.165) is 22.5 Å². The molecule has 4 nitrogen and oxygen atoms in total. The lowest BCUT2D eigenvalue weighted by Gasteiger charge is -2.11. The second kappa shape index (κ2) is 6.18. The first-order valence-electron chi connectivity index (χ1n) is 6.37. The Kier molecular flexibility index (Phi) is 4.34. The smallest absolute Gasteiger partial charge is 0.148 e. The second-order valence-corrected chi connectivity index (χ2v) is 4.67. The van der Waals surface area contributed by atoms with Gasteiger partial charge in [0, 0.05) is 18.5 Å². The van der Waals surface area contributed by atoms with Crippen molar-refractivity contribution in [1.82, 2.24) is 4.98 Å². The topological polar surface area (TPSA) is 57.9 Å². The fraction of sp³-hybridized carbons (Fsp3) is 0.250. The third-order valence-electron chi connectivity index (χ3n) is 2.96. The van der Waals surface area contributed by atoms with Crippen LogP contribution in [0.5, 0.6) is 0 Å². The Balaban J connectivity index is 2.35. The summed E-state index contributed by atoms with van der Waals surface area (Å²) in [7, 11) is 1.67. The summed E-state index contributed by atoms with van der Waals surface area (Å²) in [6.07, 6.45) is 0. The lowest BCUT2D eigenvalue weighted by Crippen LogP contribution is -2.01. The van der Waals surface area contributed by atoms with Crippen LogP contribution in [0.25, 0.3) is 0 Å². The zero-order valence-electron chi connectivity index (χ0n) is 11.9. The van der Waals surface area contributed by atoms with Crippen molar-refractivity contribution >= 4 is 11.5 Å². The molecule has 20 heavy (non-hydrogen) atoms. The molecule has 0 aliphatic rings. The molecule has 4 heteroatoms. The van der Waals surface area contributed by atoms with Crippen LogP contribution in [0, 0.1) is 25.2 Å². The van der Waals surface area contributed by atoms with Gasteiger partial charge >= 0.3 is 0 Å². The van der Waals surface area contributed by atoms with Crippen LogP contribution in [-0.2, 0) is 11.3 Å². The summed E-state index contributed by atoms with van der Waals surface area (Å²) in [5.41, 5.74) is 4.36. The summed E-state index contributed by atoms with van der Waals surface area (Å²) in [5, 5.41) is 12.5. The summed E-state index contributed by atoms with van der Waals surface area (Å²) in [6, 6.07) is 12.0. The van der Waals surface area contributed by atoms with E-state index >= 15 is 0 Å². The monoisotopic (exact) mass is 267 g/mol. The van der Waals surface area contributed by atoms with Crippen molar-refractivity contribution in [2.75, 3.05) is 12.4 Å². The molecule has 2 aromatic rings. The van der Waals surface area contributed by atoms with E-state index in [4.69, 9.17) is 4.74 Å².